The van der Waals surface area contributed by atoms with Crippen molar-refractivity contribution in [3.63, 3.8) is 0 Å². The van der Waals surface area contributed by atoms with Gasteiger partial charge in [-0.25, -0.2) is 4.39 Å². The SMILES string of the molecule is O=C(NC1CCCOc2c(F)cccc21)c1ccc(NC(=O)C2CC2)cc1. The molecule has 2 N–H and O–H groups in total. The van der Waals surface area contributed by atoms with Crippen LogP contribution in [0.25, 0.3) is 0 Å². The molecule has 1 unspecified atom stereocenters. The van der Waals surface area contributed by atoms with Gasteiger partial charge >= 0.3 is 0 Å². The Morgan fingerprint density at radius 3 is 2.56 bits per heavy atom. The lowest BCUT2D eigenvalue weighted by Crippen LogP contribution is -2.28. The predicted molar refractivity (Wildman–Crippen MR) is 99.1 cm³/mol. The van der Waals surface area contributed by atoms with Crippen LogP contribution in [0.5, 0.6) is 5.75 Å². The maximum Gasteiger partial charge on any atom is 0.251 e. The van der Waals surface area contributed by atoms with E-state index in [1.165, 1.54) is 6.07 Å². The van der Waals surface area contributed by atoms with Crippen LogP contribution < -0.4 is 15.4 Å². The summed E-state index contributed by atoms with van der Waals surface area (Å²) in [4.78, 5) is 24.4. The summed E-state index contributed by atoms with van der Waals surface area (Å²) in [5.74, 6) is -0.268. The molecule has 140 valence electrons. The standard InChI is InChI=1S/C21H21FN2O3/c22-17-4-1-3-16-18(5-2-12-27-19(16)17)24-21(26)14-8-10-15(11-9-14)23-20(25)13-6-7-13/h1,3-4,8-11,13,18H,2,5-7,12H2,(H,23,25)(H,24,26). The Morgan fingerprint density at radius 1 is 1.04 bits per heavy atom. The molecule has 6 heteroatoms. The minimum Gasteiger partial charge on any atom is -0.490 e. The van der Waals surface area contributed by atoms with Gasteiger partial charge in [0.05, 0.1) is 12.6 Å². The molecule has 0 aromatic heterocycles. The Bertz CT molecular complexity index is 862. The molecule has 0 saturated heterocycles. The quantitative estimate of drug-likeness (QED) is 0.862. The van der Waals surface area contributed by atoms with Gasteiger partial charge in [-0.3, -0.25) is 9.59 Å². The van der Waals surface area contributed by atoms with Crippen molar-refractivity contribution in [2.75, 3.05) is 11.9 Å². The molecule has 1 atom stereocenters. The third-order valence-electron chi connectivity index (χ3n) is 4.92. The maximum absolute atomic E-state index is 14.0. The van der Waals surface area contributed by atoms with Crippen molar-refractivity contribution in [2.24, 2.45) is 5.92 Å². The van der Waals surface area contributed by atoms with Crippen LogP contribution >= 0.6 is 0 Å². The van der Waals surface area contributed by atoms with Gasteiger partial charge in [-0.15, -0.1) is 0 Å². The number of hydrogen-bond acceptors (Lipinski definition) is 3. The van der Waals surface area contributed by atoms with Crippen LogP contribution in [-0.2, 0) is 4.79 Å². The lowest BCUT2D eigenvalue weighted by atomic mass is 10.0. The topological polar surface area (TPSA) is 67.4 Å². The monoisotopic (exact) mass is 368 g/mol. The van der Waals surface area contributed by atoms with E-state index >= 15 is 0 Å². The molecule has 1 aliphatic heterocycles. The Balaban J connectivity index is 1.46. The summed E-state index contributed by atoms with van der Waals surface area (Å²) in [7, 11) is 0. The van der Waals surface area contributed by atoms with Gasteiger partial charge < -0.3 is 15.4 Å². The van der Waals surface area contributed by atoms with Crippen molar-refractivity contribution in [1.82, 2.24) is 5.32 Å². The van der Waals surface area contributed by atoms with Crippen LogP contribution in [0.2, 0.25) is 0 Å². The van der Waals surface area contributed by atoms with E-state index < -0.39 is 5.82 Å². The smallest absolute Gasteiger partial charge is 0.251 e. The molecule has 4 rings (SSSR count). The molecule has 5 nitrogen and oxygen atoms in total. The number of nitrogens with one attached hydrogen (secondary N) is 2. The van der Waals surface area contributed by atoms with E-state index in [0.29, 0.717) is 29.8 Å². The summed E-state index contributed by atoms with van der Waals surface area (Å²) < 4.78 is 19.5. The first-order valence-corrected chi connectivity index (χ1v) is 9.25. The van der Waals surface area contributed by atoms with E-state index in [1.54, 1.807) is 36.4 Å². The highest BCUT2D eigenvalue weighted by Gasteiger charge is 2.29. The lowest BCUT2D eigenvalue weighted by Gasteiger charge is -2.18. The number of fused-ring (bicyclic) bond motifs is 1. The number of benzene rings is 2. The van der Waals surface area contributed by atoms with Gasteiger partial charge in [-0.1, -0.05) is 12.1 Å². The van der Waals surface area contributed by atoms with Crippen LogP contribution in [0, 0.1) is 11.7 Å². The third kappa shape index (κ3) is 3.94. The molecule has 2 aromatic carbocycles. The fraction of sp³-hybridized carbons (Fsp3) is 0.333. The van der Waals surface area contributed by atoms with E-state index in [9.17, 15) is 14.0 Å². The van der Waals surface area contributed by atoms with E-state index in [-0.39, 0.29) is 29.5 Å². The molecule has 2 aromatic rings. The van der Waals surface area contributed by atoms with E-state index in [4.69, 9.17) is 4.74 Å². The lowest BCUT2D eigenvalue weighted by molar-refractivity contribution is -0.117. The zero-order valence-corrected chi connectivity index (χ0v) is 14.8. The van der Waals surface area contributed by atoms with Crippen LogP contribution in [-0.4, -0.2) is 18.4 Å². The Labute approximate surface area is 156 Å². The van der Waals surface area contributed by atoms with Crippen LogP contribution in [0.15, 0.2) is 42.5 Å². The zero-order valence-electron chi connectivity index (χ0n) is 14.8. The second-order valence-corrected chi connectivity index (χ2v) is 7.02. The van der Waals surface area contributed by atoms with Crippen molar-refractivity contribution in [3.05, 3.63) is 59.4 Å². The first-order chi connectivity index (χ1) is 13.1. The summed E-state index contributed by atoms with van der Waals surface area (Å²) in [5.41, 5.74) is 1.83. The van der Waals surface area contributed by atoms with Gasteiger partial charge in [0.15, 0.2) is 11.6 Å². The number of carbonyl (C=O) groups is 2. The first-order valence-electron chi connectivity index (χ1n) is 9.25. The number of carbonyl (C=O) groups excluding carboxylic acids is 2. The fourth-order valence-electron chi connectivity index (χ4n) is 3.26. The summed E-state index contributed by atoms with van der Waals surface area (Å²) >= 11 is 0. The second kappa shape index (κ2) is 7.39. The molecule has 1 aliphatic carbocycles. The molecule has 1 saturated carbocycles. The molecule has 0 spiro atoms. The second-order valence-electron chi connectivity index (χ2n) is 7.02. The van der Waals surface area contributed by atoms with E-state index in [1.807, 2.05) is 0 Å². The number of amides is 2. The highest BCUT2D eigenvalue weighted by Crippen LogP contribution is 2.34. The highest BCUT2D eigenvalue weighted by atomic mass is 19.1. The molecule has 1 fully saturated rings. The average molecular weight is 368 g/mol. The highest BCUT2D eigenvalue weighted by molar-refractivity contribution is 5.97. The van der Waals surface area contributed by atoms with Crippen molar-refractivity contribution in [1.29, 1.82) is 0 Å². The number of halogens is 1. The summed E-state index contributed by atoms with van der Waals surface area (Å²) in [6.45, 7) is 0.426. The van der Waals surface area contributed by atoms with Gasteiger partial charge in [0.1, 0.15) is 0 Å². The molecule has 2 amide bonds. The van der Waals surface area contributed by atoms with Gasteiger partial charge in [-0.2, -0.15) is 0 Å². The molecular weight excluding hydrogens is 347 g/mol. The van der Waals surface area contributed by atoms with Crippen molar-refractivity contribution < 1.29 is 18.7 Å². The maximum atomic E-state index is 14.0. The third-order valence-corrected chi connectivity index (χ3v) is 4.92. The van der Waals surface area contributed by atoms with Gasteiger partial charge in [0.2, 0.25) is 5.91 Å². The van der Waals surface area contributed by atoms with E-state index in [2.05, 4.69) is 10.6 Å². The van der Waals surface area contributed by atoms with E-state index in [0.717, 1.165) is 19.3 Å². The normalized spacial score (nSPS) is 18.6. The molecular formula is C21H21FN2O3. The fourth-order valence-corrected chi connectivity index (χ4v) is 3.26. The Hall–Kier alpha value is -2.89. The van der Waals surface area contributed by atoms with Crippen LogP contribution in [0.1, 0.15) is 47.6 Å². The number of rotatable bonds is 4. The largest absolute Gasteiger partial charge is 0.490 e. The van der Waals surface area contributed by atoms with Gasteiger partial charge in [0, 0.05) is 22.7 Å². The minimum atomic E-state index is -0.413. The molecule has 27 heavy (non-hydrogen) atoms. The van der Waals surface area contributed by atoms with Crippen molar-refractivity contribution >= 4 is 17.5 Å². The van der Waals surface area contributed by atoms with Crippen molar-refractivity contribution in [2.45, 2.75) is 31.7 Å². The molecule has 2 aliphatic rings. The summed E-state index contributed by atoms with van der Waals surface area (Å²) in [6.07, 6.45) is 3.29. The molecule has 0 bridgehead atoms. The Kier molecular flexibility index (Phi) is 4.79. The van der Waals surface area contributed by atoms with Crippen LogP contribution in [0.3, 0.4) is 0 Å². The first kappa shape index (κ1) is 17.5. The average Bonchev–Trinajstić information content (AvgIpc) is 3.51. The summed E-state index contributed by atoms with van der Waals surface area (Å²) in [6, 6.07) is 11.3. The van der Waals surface area contributed by atoms with Gasteiger partial charge in [-0.05, 0) is 56.0 Å². The molecule has 1 heterocycles. The van der Waals surface area contributed by atoms with Crippen molar-refractivity contribution in [3.8, 4) is 5.75 Å². The minimum absolute atomic E-state index is 0.0318. The number of hydrogen-bond donors (Lipinski definition) is 2. The molecule has 0 radical (unpaired) electrons. The number of anilines is 1. The Morgan fingerprint density at radius 2 is 1.81 bits per heavy atom. The van der Waals surface area contributed by atoms with Gasteiger partial charge in [0.25, 0.3) is 5.91 Å². The number of para-hydroxylation sites is 1. The summed E-state index contributed by atoms with van der Waals surface area (Å²) in [5, 5.41) is 5.82. The predicted octanol–water partition coefficient (Wildman–Crippen LogP) is 3.82. The number of ether oxygens (including phenoxy) is 1. The van der Waals surface area contributed by atoms with Crippen LogP contribution in [0.4, 0.5) is 10.1 Å². The zero-order chi connectivity index (χ0) is 18.8.